The lowest BCUT2D eigenvalue weighted by Gasteiger charge is -2.22. The van der Waals surface area contributed by atoms with Crippen molar-refractivity contribution in [1.29, 1.82) is 0 Å². The lowest BCUT2D eigenvalue weighted by atomic mass is 10.0. The number of fused-ring (bicyclic) bond motifs is 1. The molecule has 7 nitrogen and oxygen atoms in total. The van der Waals surface area contributed by atoms with Crippen LogP contribution in [0.5, 0.6) is 0 Å². The minimum atomic E-state index is -1.10. The Balaban J connectivity index is 1.49. The Morgan fingerprint density at radius 1 is 1.06 bits per heavy atom. The molecular weight excluding hydrogens is 428 g/mol. The first-order valence-electron chi connectivity index (χ1n) is 12.0. The van der Waals surface area contributed by atoms with Gasteiger partial charge >= 0.3 is 0 Å². The van der Waals surface area contributed by atoms with Gasteiger partial charge in [0.05, 0.1) is 11.4 Å². The van der Waals surface area contributed by atoms with E-state index in [0.29, 0.717) is 18.1 Å². The van der Waals surface area contributed by atoms with Gasteiger partial charge in [0.1, 0.15) is 6.04 Å². The van der Waals surface area contributed by atoms with E-state index >= 15 is 0 Å². The summed E-state index contributed by atoms with van der Waals surface area (Å²) in [5.74, 6) is -0.310. The zero-order chi connectivity index (χ0) is 24.1. The van der Waals surface area contributed by atoms with Crippen LogP contribution in [0, 0.1) is 5.92 Å². The monoisotopic (exact) mass is 460 g/mol. The molecule has 2 atom stereocenters. The number of carbonyl (C=O) groups is 3. The van der Waals surface area contributed by atoms with Gasteiger partial charge in [-0.05, 0) is 25.3 Å². The third kappa shape index (κ3) is 5.35. The Kier molecular flexibility index (Phi) is 7.40. The Bertz CT molecular complexity index is 1080. The first-order chi connectivity index (χ1) is 16.4. The zero-order valence-electron chi connectivity index (χ0n) is 19.8. The number of rotatable bonds is 7. The van der Waals surface area contributed by atoms with Crippen LogP contribution in [-0.4, -0.2) is 42.7 Å². The number of benzodiazepines with no additional fused rings is 1. The van der Waals surface area contributed by atoms with Crippen molar-refractivity contribution in [3.05, 3.63) is 65.7 Å². The quantitative estimate of drug-likeness (QED) is 0.663. The number of hydrogen-bond donors (Lipinski definition) is 2. The summed E-state index contributed by atoms with van der Waals surface area (Å²) < 4.78 is 0. The van der Waals surface area contributed by atoms with Crippen molar-refractivity contribution in [3.63, 3.8) is 0 Å². The second-order valence-electron chi connectivity index (χ2n) is 9.15. The maximum atomic E-state index is 13.2. The molecule has 2 N–H and O–H groups in total. The van der Waals surface area contributed by atoms with Crippen molar-refractivity contribution < 1.29 is 14.4 Å². The molecule has 2 aromatic carbocycles. The van der Waals surface area contributed by atoms with Crippen molar-refractivity contribution >= 4 is 29.1 Å². The van der Waals surface area contributed by atoms with Gasteiger partial charge in [-0.3, -0.25) is 14.4 Å². The van der Waals surface area contributed by atoms with Crippen LogP contribution in [0.25, 0.3) is 0 Å². The molecule has 0 saturated heterocycles. The van der Waals surface area contributed by atoms with Crippen molar-refractivity contribution in [2.75, 3.05) is 11.9 Å². The molecule has 4 rings (SSSR count). The van der Waals surface area contributed by atoms with Crippen LogP contribution < -0.4 is 15.5 Å². The van der Waals surface area contributed by atoms with E-state index in [2.05, 4.69) is 15.6 Å². The van der Waals surface area contributed by atoms with E-state index in [1.54, 1.807) is 14.0 Å². The van der Waals surface area contributed by atoms with Gasteiger partial charge < -0.3 is 15.5 Å². The van der Waals surface area contributed by atoms with E-state index in [0.717, 1.165) is 23.2 Å². The van der Waals surface area contributed by atoms with E-state index in [1.165, 1.54) is 30.6 Å². The number of para-hydroxylation sites is 1. The summed E-state index contributed by atoms with van der Waals surface area (Å²) in [6.45, 7) is 1.63. The Morgan fingerprint density at radius 3 is 2.47 bits per heavy atom. The highest BCUT2D eigenvalue weighted by molar-refractivity contribution is 6.20. The zero-order valence-corrected chi connectivity index (χ0v) is 19.8. The van der Waals surface area contributed by atoms with E-state index in [9.17, 15) is 14.4 Å². The molecule has 1 unspecified atom stereocenters. The third-order valence-electron chi connectivity index (χ3n) is 6.69. The summed E-state index contributed by atoms with van der Waals surface area (Å²) in [6, 6.07) is 16.4. The van der Waals surface area contributed by atoms with Gasteiger partial charge in [0.2, 0.25) is 18.0 Å². The first kappa shape index (κ1) is 23.7. The SMILES string of the molecule is CC(NC(=O)CCC1CCCC1)C(=O)N[C@H]1N=C(c2ccccc2)c2ccccc2N(C)C1=O. The topological polar surface area (TPSA) is 90.9 Å². The minimum absolute atomic E-state index is 0.139. The van der Waals surface area contributed by atoms with Crippen LogP contribution in [-0.2, 0) is 14.4 Å². The van der Waals surface area contributed by atoms with E-state index in [1.807, 2.05) is 54.6 Å². The van der Waals surface area contributed by atoms with E-state index < -0.39 is 18.1 Å². The Labute approximate surface area is 200 Å². The second kappa shape index (κ2) is 10.6. The van der Waals surface area contributed by atoms with Crippen LogP contribution in [0.3, 0.4) is 0 Å². The summed E-state index contributed by atoms with van der Waals surface area (Å²) in [5, 5.41) is 5.51. The average Bonchev–Trinajstić information content (AvgIpc) is 3.35. The van der Waals surface area contributed by atoms with E-state index in [4.69, 9.17) is 0 Å². The molecule has 2 aliphatic rings. The fraction of sp³-hybridized carbons (Fsp3) is 0.407. The predicted molar refractivity (Wildman–Crippen MR) is 133 cm³/mol. The van der Waals surface area contributed by atoms with Crippen LogP contribution in [0.2, 0.25) is 0 Å². The fourth-order valence-electron chi connectivity index (χ4n) is 4.72. The number of anilines is 1. The smallest absolute Gasteiger partial charge is 0.272 e. The van der Waals surface area contributed by atoms with Gasteiger partial charge in [0.15, 0.2) is 0 Å². The molecule has 0 aromatic heterocycles. The van der Waals surface area contributed by atoms with Gasteiger partial charge in [-0.25, -0.2) is 4.99 Å². The summed E-state index contributed by atoms with van der Waals surface area (Å²) in [6.07, 6.45) is 5.02. The van der Waals surface area contributed by atoms with Crippen molar-refractivity contribution in [1.82, 2.24) is 10.6 Å². The van der Waals surface area contributed by atoms with Crippen LogP contribution in [0.15, 0.2) is 59.6 Å². The summed E-state index contributed by atoms with van der Waals surface area (Å²) in [7, 11) is 1.68. The highest BCUT2D eigenvalue weighted by atomic mass is 16.2. The normalized spacial score (nSPS) is 19.1. The molecule has 1 aliphatic heterocycles. The molecule has 3 amide bonds. The molecule has 1 fully saturated rings. The number of nitrogens with one attached hydrogen (secondary N) is 2. The van der Waals surface area contributed by atoms with E-state index in [-0.39, 0.29) is 11.8 Å². The standard InChI is InChI=1S/C27H32N4O3/c1-18(28-23(32)17-16-19-10-6-7-11-19)26(33)30-25-27(34)31(2)22-15-9-8-14-21(22)24(29-25)20-12-4-3-5-13-20/h3-5,8-9,12-15,18-19,25H,6-7,10-11,16-17H2,1-2H3,(H,28,32)(H,30,33)/t18?,25-/m1/s1. The molecule has 1 aliphatic carbocycles. The molecule has 1 saturated carbocycles. The fourth-order valence-corrected chi connectivity index (χ4v) is 4.72. The van der Waals surface area contributed by atoms with Gasteiger partial charge in [-0.15, -0.1) is 0 Å². The number of hydrogen-bond acceptors (Lipinski definition) is 4. The number of benzene rings is 2. The van der Waals surface area contributed by atoms with Crippen molar-refractivity contribution in [2.24, 2.45) is 10.9 Å². The highest BCUT2D eigenvalue weighted by Gasteiger charge is 2.32. The maximum absolute atomic E-state index is 13.2. The first-order valence-corrected chi connectivity index (χ1v) is 12.0. The summed E-state index contributed by atoms with van der Waals surface area (Å²) in [5.41, 5.74) is 3.02. The lowest BCUT2D eigenvalue weighted by molar-refractivity contribution is -0.131. The Morgan fingerprint density at radius 2 is 1.74 bits per heavy atom. The molecule has 7 heteroatoms. The van der Waals surface area contributed by atoms with Gasteiger partial charge in [-0.2, -0.15) is 0 Å². The second-order valence-corrected chi connectivity index (χ2v) is 9.15. The summed E-state index contributed by atoms with van der Waals surface area (Å²) >= 11 is 0. The van der Waals surface area contributed by atoms with Gasteiger partial charge in [0, 0.05) is 24.6 Å². The van der Waals surface area contributed by atoms with Gasteiger partial charge in [-0.1, -0.05) is 74.2 Å². The molecule has 0 radical (unpaired) electrons. The molecule has 2 aromatic rings. The molecule has 0 bridgehead atoms. The molecule has 34 heavy (non-hydrogen) atoms. The van der Waals surface area contributed by atoms with Crippen LogP contribution >= 0.6 is 0 Å². The molecule has 1 heterocycles. The number of carbonyl (C=O) groups excluding carboxylic acids is 3. The number of aliphatic imine (C=N–C) groups is 1. The van der Waals surface area contributed by atoms with Crippen LogP contribution in [0.1, 0.15) is 56.6 Å². The maximum Gasteiger partial charge on any atom is 0.272 e. The number of nitrogens with zero attached hydrogens (tertiary/aromatic N) is 2. The van der Waals surface area contributed by atoms with Crippen molar-refractivity contribution in [2.45, 2.75) is 57.7 Å². The van der Waals surface area contributed by atoms with Crippen molar-refractivity contribution in [3.8, 4) is 0 Å². The lowest BCUT2D eigenvalue weighted by Crippen LogP contribution is -2.52. The summed E-state index contributed by atoms with van der Waals surface area (Å²) in [4.78, 5) is 44.7. The predicted octanol–water partition coefficient (Wildman–Crippen LogP) is 3.42. The molecular formula is C27H32N4O3. The van der Waals surface area contributed by atoms with Gasteiger partial charge in [0.25, 0.3) is 5.91 Å². The Hall–Kier alpha value is -3.48. The molecule has 0 spiro atoms. The highest BCUT2D eigenvalue weighted by Crippen LogP contribution is 2.29. The van der Waals surface area contributed by atoms with Crippen LogP contribution in [0.4, 0.5) is 5.69 Å². The number of likely N-dealkylation sites (N-methyl/N-ethyl adjacent to an activating group) is 1. The average molecular weight is 461 g/mol. The molecule has 178 valence electrons. The number of amides is 3. The largest absolute Gasteiger partial charge is 0.345 e. The third-order valence-corrected chi connectivity index (χ3v) is 6.69. The minimum Gasteiger partial charge on any atom is -0.345 e.